The smallest absolute Gasteiger partial charge is 0.288 e. The number of nitrogens with two attached hydrogens (primary N) is 1. The van der Waals surface area contributed by atoms with Crippen LogP contribution in [0.15, 0.2) is 11.0 Å². The Bertz CT molecular complexity index is 405. The predicted molar refractivity (Wildman–Crippen MR) is 54.2 cm³/mol. The summed E-state index contributed by atoms with van der Waals surface area (Å²) in [7, 11) is 0. The summed E-state index contributed by atoms with van der Waals surface area (Å²) in [4.78, 5) is 19.1. The first-order chi connectivity index (χ1) is 7.16. The van der Waals surface area contributed by atoms with Crippen molar-refractivity contribution in [1.29, 1.82) is 0 Å². The molecule has 1 fully saturated rings. The van der Waals surface area contributed by atoms with Gasteiger partial charge >= 0.3 is 0 Å². The van der Waals surface area contributed by atoms with Crippen LogP contribution in [-0.2, 0) is 0 Å². The van der Waals surface area contributed by atoms with Gasteiger partial charge in [-0.05, 0) is 12.8 Å². The van der Waals surface area contributed by atoms with Crippen LogP contribution in [0.5, 0.6) is 0 Å². The van der Waals surface area contributed by atoms with Gasteiger partial charge in [-0.25, -0.2) is 4.98 Å². The molecule has 82 valence electrons. The lowest BCUT2D eigenvalue weighted by molar-refractivity contribution is 0.497. The van der Waals surface area contributed by atoms with Gasteiger partial charge in [0, 0.05) is 19.1 Å². The van der Waals surface area contributed by atoms with Crippen molar-refractivity contribution in [3.8, 4) is 0 Å². The third-order valence-corrected chi connectivity index (χ3v) is 2.50. The molecule has 1 aromatic rings. The summed E-state index contributed by atoms with van der Waals surface area (Å²) < 4.78 is 12.7. The third kappa shape index (κ3) is 2.15. The Labute approximate surface area is 86.1 Å². The van der Waals surface area contributed by atoms with Gasteiger partial charge in [0.25, 0.3) is 5.56 Å². The average Bonchev–Trinajstić information content (AvgIpc) is 2.22. The molecule has 1 aliphatic rings. The first-order valence-corrected chi connectivity index (χ1v) is 4.92. The van der Waals surface area contributed by atoms with E-state index in [4.69, 9.17) is 5.73 Å². The summed E-state index contributed by atoms with van der Waals surface area (Å²) in [5, 5.41) is 0. The highest BCUT2D eigenvalue weighted by Crippen LogP contribution is 2.13. The zero-order valence-corrected chi connectivity index (χ0v) is 8.24. The summed E-state index contributed by atoms with van der Waals surface area (Å²) in [6, 6.07) is 0.0918. The van der Waals surface area contributed by atoms with Crippen molar-refractivity contribution in [1.82, 2.24) is 9.97 Å². The molecule has 0 radical (unpaired) electrons. The van der Waals surface area contributed by atoms with Crippen LogP contribution in [0.3, 0.4) is 0 Å². The van der Waals surface area contributed by atoms with Gasteiger partial charge < -0.3 is 10.6 Å². The van der Waals surface area contributed by atoms with Crippen molar-refractivity contribution < 1.29 is 4.39 Å². The molecule has 1 atom stereocenters. The van der Waals surface area contributed by atoms with Gasteiger partial charge in [-0.15, -0.1) is 0 Å². The summed E-state index contributed by atoms with van der Waals surface area (Å²) in [5.74, 6) is -0.461. The standard InChI is InChI=1S/C9H13FN4O/c10-7-4-12-9(13-8(7)15)14-3-1-2-6(11)5-14/h4,6H,1-3,5,11H2,(H,12,13,15). The highest BCUT2D eigenvalue weighted by atomic mass is 19.1. The molecule has 1 unspecified atom stereocenters. The molecule has 0 amide bonds. The van der Waals surface area contributed by atoms with E-state index in [1.807, 2.05) is 4.90 Å². The minimum atomic E-state index is -0.861. The largest absolute Gasteiger partial charge is 0.341 e. The van der Waals surface area contributed by atoms with Crippen LogP contribution >= 0.6 is 0 Å². The molecule has 15 heavy (non-hydrogen) atoms. The topological polar surface area (TPSA) is 75.0 Å². The van der Waals surface area contributed by atoms with Crippen LogP contribution < -0.4 is 16.2 Å². The van der Waals surface area contributed by atoms with E-state index in [1.54, 1.807) is 0 Å². The maximum atomic E-state index is 12.7. The van der Waals surface area contributed by atoms with Gasteiger partial charge in [0.1, 0.15) is 0 Å². The summed E-state index contributed by atoms with van der Waals surface area (Å²) in [5.41, 5.74) is 5.06. The Kier molecular flexibility index (Phi) is 2.68. The predicted octanol–water partition coefficient (Wildman–Crippen LogP) is -0.163. The van der Waals surface area contributed by atoms with Crippen LogP contribution in [0.25, 0.3) is 0 Å². The van der Waals surface area contributed by atoms with Crippen LogP contribution in [0.4, 0.5) is 10.3 Å². The number of piperidine rings is 1. The molecule has 1 saturated heterocycles. The minimum Gasteiger partial charge on any atom is -0.341 e. The SMILES string of the molecule is NC1CCCN(c2ncc(F)c(=O)[nH]2)C1. The molecule has 1 aliphatic heterocycles. The van der Waals surface area contributed by atoms with Crippen LogP contribution in [0, 0.1) is 5.82 Å². The highest BCUT2D eigenvalue weighted by Gasteiger charge is 2.18. The van der Waals surface area contributed by atoms with Crippen molar-refractivity contribution in [2.24, 2.45) is 5.73 Å². The molecule has 1 aromatic heterocycles. The number of aromatic nitrogens is 2. The Hall–Kier alpha value is -1.43. The third-order valence-electron chi connectivity index (χ3n) is 2.50. The summed E-state index contributed by atoms with van der Waals surface area (Å²) in [6.07, 6.45) is 2.87. The zero-order chi connectivity index (χ0) is 10.8. The molecule has 6 heteroatoms. The first kappa shape index (κ1) is 10.1. The van der Waals surface area contributed by atoms with Crippen molar-refractivity contribution in [3.05, 3.63) is 22.4 Å². The fourth-order valence-corrected chi connectivity index (χ4v) is 1.73. The average molecular weight is 212 g/mol. The van der Waals surface area contributed by atoms with Gasteiger partial charge in [0.15, 0.2) is 0 Å². The molecule has 5 nitrogen and oxygen atoms in total. The van der Waals surface area contributed by atoms with E-state index in [-0.39, 0.29) is 6.04 Å². The Balaban J connectivity index is 2.21. The number of aromatic amines is 1. The normalized spacial score (nSPS) is 21.7. The van der Waals surface area contributed by atoms with E-state index in [2.05, 4.69) is 9.97 Å². The molecule has 0 bridgehead atoms. The second-order valence-corrected chi connectivity index (χ2v) is 3.73. The van der Waals surface area contributed by atoms with Crippen LogP contribution in [0.1, 0.15) is 12.8 Å². The van der Waals surface area contributed by atoms with E-state index in [9.17, 15) is 9.18 Å². The maximum Gasteiger partial charge on any atom is 0.288 e. The van der Waals surface area contributed by atoms with Crippen molar-refractivity contribution in [2.45, 2.75) is 18.9 Å². The van der Waals surface area contributed by atoms with E-state index < -0.39 is 11.4 Å². The van der Waals surface area contributed by atoms with E-state index in [1.165, 1.54) is 0 Å². The molecular weight excluding hydrogens is 199 g/mol. The Morgan fingerprint density at radius 1 is 1.67 bits per heavy atom. The van der Waals surface area contributed by atoms with Crippen LogP contribution in [-0.4, -0.2) is 29.1 Å². The molecular formula is C9H13FN4O. The molecule has 2 heterocycles. The fourth-order valence-electron chi connectivity index (χ4n) is 1.73. The Morgan fingerprint density at radius 2 is 2.47 bits per heavy atom. The second-order valence-electron chi connectivity index (χ2n) is 3.73. The number of rotatable bonds is 1. The van der Waals surface area contributed by atoms with Gasteiger partial charge in [-0.3, -0.25) is 9.78 Å². The second kappa shape index (κ2) is 3.98. The van der Waals surface area contributed by atoms with Gasteiger partial charge in [-0.1, -0.05) is 0 Å². The molecule has 0 aliphatic carbocycles. The number of hydrogen-bond acceptors (Lipinski definition) is 4. The number of H-pyrrole nitrogens is 1. The molecule has 0 aromatic carbocycles. The quantitative estimate of drug-likeness (QED) is 0.678. The lowest BCUT2D eigenvalue weighted by Gasteiger charge is -2.30. The molecule has 2 rings (SSSR count). The summed E-state index contributed by atoms with van der Waals surface area (Å²) >= 11 is 0. The molecule has 0 spiro atoms. The maximum absolute atomic E-state index is 12.7. The van der Waals surface area contributed by atoms with Crippen LogP contribution in [0.2, 0.25) is 0 Å². The number of halogens is 1. The molecule has 3 N–H and O–H groups in total. The number of nitrogens with one attached hydrogen (secondary N) is 1. The number of nitrogens with zero attached hydrogens (tertiary/aromatic N) is 2. The Morgan fingerprint density at radius 3 is 3.13 bits per heavy atom. The minimum absolute atomic E-state index is 0.0918. The van der Waals surface area contributed by atoms with E-state index >= 15 is 0 Å². The van der Waals surface area contributed by atoms with E-state index in [0.29, 0.717) is 12.5 Å². The van der Waals surface area contributed by atoms with E-state index in [0.717, 1.165) is 25.6 Å². The fraction of sp³-hybridized carbons (Fsp3) is 0.556. The first-order valence-electron chi connectivity index (χ1n) is 4.92. The van der Waals surface area contributed by atoms with Crippen molar-refractivity contribution >= 4 is 5.95 Å². The molecule has 0 saturated carbocycles. The van der Waals surface area contributed by atoms with Crippen molar-refractivity contribution in [2.75, 3.05) is 18.0 Å². The zero-order valence-electron chi connectivity index (χ0n) is 8.24. The van der Waals surface area contributed by atoms with Crippen molar-refractivity contribution in [3.63, 3.8) is 0 Å². The van der Waals surface area contributed by atoms with Gasteiger partial charge in [0.05, 0.1) is 6.20 Å². The van der Waals surface area contributed by atoms with Gasteiger partial charge in [-0.2, -0.15) is 4.39 Å². The monoisotopic (exact) mass is 212 g/mol. The van der Waals surface area contributed by atoms with Gasteiger partial charge in [0.2, 0.25) is 11.8 Å². The number of anilines is 1. The lowest BCUT2D eigenvalue weighted by atomic mass is 10.1. The highest BCUT2D eigenvalue weighted by molar-refractivity contribution is 5.29. The number of hydrogen-bond donors (Lipinski definition) is 2. The lowest BCUT2D eigenvalue weighted by Crippen LogP contribution is -2.44. The summed E-state index contributed by atoms with van der Waals surface area (Å²) in [6.45, 7) is 1.44.